The highest BCUT2D eigenvalue weighted by Crippen LogP contribution is 2.17. The molecule has 0 aliphatic carbocycles. The second-order valence-corrected chi connectivity index (χ2v) is 4.60. The molecule has 1 aromatic heterocycles. The summed E-state index contributed by atoms with van der Waals surface area (Å²) in [5.74, 6) is 0.725. The van der Waals surface area contributed by atoms with Crippen LogP contribution < -0.4 is 5.73 Å². The molecule has 0 atom stereocenters. The zero-order valence-corrected chi connectivity index (χ0v) is 10.0. The Morgan fingerprint density at radius 3 is 3.06 bits per heavy atom. The molecule has 1 aliphatic heterocycles. The number of anilines is 1. The highest BCUT2D eigenvalue weighted by Gasteiger charge is 2.16. The average molecular weight is 246 g/mol. The van der Waals surface area contributed by atoms with Crippen LogP contribution in [0.5, 0.6) is 0 Å². The van der Waals surface area contributed by atoms with Crippen LogP contribution in [-0.2, 0) is 19.6 Å². The van der Waals surface area contributed by atoms with Gasteiger partial charge in [-0.3, -0.25) is 4.90 Å². The van der Waals surface area contributed by atoms with Crippen LogP contribution >= 0.6 is 0 Å². The van der Waals surface area contributed by atoms with Gasteiger partial charge in [0.25, 0.3) is 0 Å². The second-order valence-electron chi connectivity index (χ2n) is 4.60. The standard InChI is InChI=1S/C13H15FN4/c14-11-7-10(1-2-12(11)15)8-17-5-6-18-4-3-16-13(18)9-17/h1-4,7H,5-6,8-9,15H2. The van der Waals surface area contributed by atoms with Crippen LogP contribution in [0.2, 0.25) is 0 Å². The molecule has 2 N–H and O–H groups in total. The van der Waals surface area contributed by atoms with E-state index >= 15 is 0 Å². The van der Waals surface area contributed by atoms with Crippen molar-refractivity contribution in [2.24, 2.45) is 0 Å². The molecule has 0 bridgehead atoms. The fraction of sp³-hybridized carbons (Fsp3) is 0.308. The number of fused-ring (bicyclic) bond motifs is 1. The van der Waals surface area contributed by atoms with Crippen LogP contribution in [-0.4, -0.2) is 21.0 Å². The lowest BCUT2D eigenvalue weighted by Gasteiger charge is -2.27. The summed E-state index contributed by atoms with van der Waals surface area (Å²) in [6.45, 7) is 3.42. The van der Waals surface area contributed by atoms with Crippen LogP contribution in [0.15, 0.2) is 30.6 Å². The maximum atomic E-state index is 13.4. The molecule has 5 heteroatoms. The minimum absolute atomic E-state index is 0.202. The third-order valence-electron chi connectivity index (χ3n) is 3.29. The maximum Gasteiger partial charge on any atom is 0.146 e. The maximum absolute atomic E-state index is 13.4. The molecule has 1 aliphatic rings. The first-order valence-electron chi connectivity index (χ1n) is 5.98. The predicted molar refractivity (Wildman–Crippen MR) is 67.2 cm³/mol. The van der Waals surface area contributed by atoms with Crippen molar-refractivity contribution < 1.29 is 4.39 Å². The van der Waals surface area contributed by atoms with Gasteiger partial charge in [-0.1, -0.05) is 6.07 Å². The fourth-order valence-electron chi connectivity index (χ4n) is 2.29. The van der Waals surface area contributed by atoms with Crippen LogP contribution in [0.1, 0.15) is 11.4 Å². The van der Waals surface area contributed by atoms with Crippen LogP contribution in [0.3, 0.4) is 0 Å². The average Bonchev–Trinajstić information content (AvgIpc) is 2.81. The van der Waals surface area contributed by atoms with Crippen molar-refractivity contribution in [2.45, 2.75) is 19.6 Å². The van der Waals surface area contributed by atoms with Gasteiger partial charge in [-0.2, -0.15) is 0 Å². The number of nitrogens with two attached hydrogens (primary N) is 1. The molecule has 2 heterocycles. The first kappa shape index (κ1) is 11.2. The zero-order chi connectivity index (χ0) is 12.5. The van der Waals surface area contributed by atoms with Gasteiger partial charge in [0.2, 0.25) is 0 Å². The largest absolute Gasteiger partial charge is 0.396 e. The third-order valence-corrected chi connectivity index (χ3v) is 3.29. The van der Waals surface area contributed by atoms with Crippen molar-refractivity contribution in [1.82, 2.24) is 14.5 Å². The molecule has 0 saturated heterocycles. The van der Waals surface area contributed by atoms with Crippen molar-refractivity contribution in [1.29, 1.82) is 0 Å². The Hall–Kier alpha value is -1.88. The summed E-state index contributed by atoms with van der Waals surface area (Å²) in [6, 6.07) is 5.01. The van der Waals surface area contributed by atoms with E-state index in [1.807, 2.05) is 18.5 Å². The van der Waals surface area contributed by atoms with E-state index < -0.39 is 0 Å². The highest BCUT2D eigenvalue weighted by molar-refractivity contribution is 5.41. The number of hydrogen-bond acceptors (Lipinski definition) is 3. The number of nitrogen functional groups attached to an aromatic ring is 1. The van der Waals surface area contributed by atoms with Crippen LogP contribution in [0, 0.1) is 5.82 Å². The molecule has 0 amide bonds. The van der Waals surface area contributed by atoms with Crippen LogP contribution in [0.25, 0.3) is 0 Å². The predicted octanol–water partition coefficient (Wildman–Crippen LogP) is 1.62. The van der Waals surface area contributed by atoms with Crippen molar-refractivity contribution in [3.63, 3.8) is 0 Å². The molecule has 4 nitrogen and oxygen atoms in total. The molecular formula is C13H15FN4. The minimum atomic E-state index is -0.342. The molecule has 1 aromatic carbocycles. The molecule has 0 fully saturated rings. The number of aromatic nitrogens is 2. The lowest BCUT2D eigenvalue weighted by molar-refractivity contribution is 0.208. The molecule has 0 saturated carbocycles. The van der Waals surface area contributed by atoms with Crippen molar-refractivity contribution >= 4 is 5.69 Å². The van der Waals surface area contributed by atoms with Gasteiger partial charge in [-0.25, -0.2) is 9.37 Å². The van der Waals surface area contributed by atoms with E-state index in [4.69, 9.17) is 5.73 Å². The third kappa shape index (κ3) is 2.09. The van der Waals surface area contributed by atoms with E-state index in [0.29, 0.717) is 0 Å². The van der Waals surface area contributed by atoms with Gasteiger partial charge in [0.05, 0.1) is 12.2 Å². The molecule has 94 valence electrons. The summed E-state index contributed by atoms with van der Waals surface area (Å²) in [5.41, 5.74) is 6.62. The number of nitrogens with zero attached hydrogens (tertiary/aromatic N) is 3. The molecule has 2 aromatic rings. The number of rotatable bonds is 2. The van der Waals surface area contributed by atoms with Gasteiger partial charge in [0.15, 0.2) is 0 Å². The topological polar surface area (TPSA) is 47.1 Å². The smallest absolute Gasteiger partial charge is 0.146 e. The van der Waals surface area contributed by atoms with Crippen LogP contribution in [0.4, 0.5) is 10.1 Å². The summed E-state index contributed by atoms with van der Waals surface area (Å²) in [6.07, 6.45) is 3.82. The van der Waals surface area contributed by atoms with Gasteiger partial charge in [0.1, 0.15) is 11.6 Å². The number of imidazole rings is 1. The minimum Gasteiger partial charge on any atom is -0.396 e. The second kappa shape index (κ2) is 4.42. The Morgan fingerprint density at radius 2 is 2.22 bits per heavy atom. The Bertz CT molecular complexity index is 564. The monoisotopic (exact) mass is 246 g/mol. The highest BCUT2D eigenvalue weighted by atomic mass is 19.1. The quantitative estimate of drug-likeness (QED) is 0.819. The molecule has 0 spiro atoms. The van der Waals surface area contributed by atoms with E-state index in [1.165, 1.54) is 6.07 Å². The Kier molecular flexibility index (Phi) is 2.76. The zero-order valence-electron chi connectivity index (χ0n) is 10.0. The summed E-state index contributed by atoms with van der Waals surface area (Å²) in [4.78, 5) is 6.56. The molecular weight excluding hydrogens is 231 g/mol. The molecule has 0 radical (unpaired) electrons. The Morgan fingerprint density at radius 1 is 1.33 bits per heavy atom. The van der Waals surface area contributed by atoms with Gasteiger partial charge in [0, 0.05) is 32.0 Å². The fourth-order valence-corrected chi connectivity index (χ4v) is 2.29. The van der Waals surface area contributed by atoms with Gasteiger partial charge in [-0.15, -0.1) is 0 Å². The van der Waals surface area contributed by atoms with E-state index in [9.17, 15) is 4.39 Å². The number of benzene rings is 1. The van der Waals surface area contributed by atoms with Gasteiger partial charge >= 0.3 is 0 Å². The number of hydrogen-bond donors (Lipinski definition) is 1. The van der Waals surface area contributed by atoms with Crippen molar-refractivity contribution in [2.75, 3.05) is 12.3 Å². The summed E-state index contributed by atoms with van der Waals surface area (Å²) in [5, 5.41) is 0. The SMILES string of the molecule is Nc1ccc(CN2CCn3ccnc3C2)cc1F. The Balaban J connectivity index is 1.72. The first-order chi connectivity index (χ1) is 8.72. The molecule has 0 unspecified atom stereocenters. The molecule has 3 rings (SSSR count). The summed E-state index contributed by atoms with van der Waals surface area (Å²) >= 11 is 0. The van der Waals surface area contributed by atoms with E-state index in [1.54, 1.807) is 6.07 Å². The summed E-state index contributed by atoms with van der Waals surface area (Å²) < 4.78 is 15.5. The first-order valence-corrected chi connectivity index (χ1v) is 5.98. The van der Waals surface area contributed by atoms with E-state index in [-0.39, 0.29) is 11.5 Å². The lowest BCUT2D eigenvalue weighted by atomic mass is 10.1. The van der Waals surface area contributed by atoms with Gasteiger partial charge < -0.3 is 10.3 Å². The number of halogens is 1. The Labute approximate surface area is 105 Å². The van der Waals surface area contributed by atoms with Crippen molar-refractivity contribution in [3.05, 3.63) is 47.8 Å². The van der Waals surface area contributed by atoms with E-state index in [2.05, 4.69) is 14.5 Å². The molecule has 18 heavy (non-hydrogen) atoms. The summed E-state index contributed by atoms with van der Waals surface area (Å²) in [7, 11) is 0. The normalized spacial score (nSPS) is 15.6. The van der Waals surface area contributed by atoms with E-state index in [0.717, 1.165) is 37.6 Å². The lowest BCUT2D eigenvalue weighted by Crippen LogP contribution is -2.33. The van der Waals surface area contributed by atoms with Crippen molar-refractivity contribution in [3.8, 4) is 0 Å². The van der Waals surface area contributed by atoms with Gasteiger partial charge in [-0.05, 0) is 17.7 Å².